The Hall–Kier alpha value is -1.28. The highest BCUT2D eigenvalue weighted by atomic mass is 31.2. The van der Waals surface area contributed by atoms with Gasteiger partial charge in [0.2, 0.25) is 5.91 Å². The lowest BCUT2D eigenvalue weighted by Gasteiger charge is -2.26. The number of allylic oxidation sites excluding steroid dienone is 6. The third-order valence-electron chi connectivity index (χ3n) is 15.9. The molecule has 3 atom stereocenters. The molecular weight excluding hydrogens is 984 g/mol. The number of hydrogen-bond acceptors (Lipinski definition) is 5. The highest BCUT2D eigenvalue weighted by Gasteiger charge is 2.28. The topological polar surface area (TPSA) is 105 Å². The average Bonchev–Trinajstić information content (AvgIpc) is 3.41. The monoisotopic (exact) mass is 1120 g/mol. The summed E-state index contributed by atoms with van der Waals surface area (Å²) in [5, 5.41) is 14.1. The van der Waals surface area contributed by atoms with Crippen LogP contribution in [-0.4, -0.2) is 73.4 Å². The van der Waals surface area contributed by atoms with Crippen LogP contribution in [0, 0.1) is 0 Å². The Morgan fingerprint density at radius 1 is 0.436 bits per heavy atom. The van der Waals surface area contributed by atoms with E-state index >= 15 is 0 Å². The number of rotatable bonds is 64. The van der Waals surface area contributed by atoms with Crippen LogP contribution in [0.15, 0.2) is 36.5 Å². The van der Waals surface area contributed by atoms with Crippen LogP contribution in [0.3, 0.4) is 0 Å². The lowest BCUT2D eigenvalue weighted by molar-refractivity contribution is -0.870. The molecule has 9 heteroatoms. The number of quaternary nitrogens is 1. The van der Waals surface area contributed by atoms with Crippen LogP contribution in [0.2, 0.25) is 0 Å². The van der Waals surface area contributed by atoms with E-state index in [-0.39, 0.29) is 19.1 Å². The van der Waals surface area contributed by atoms with Gasteiger partial charge in [-0.2, -0.15) is 0 Å². The van der Waals surface area contributed by atoms with E-state index in [1.165, 1.54) is 263 Å². The number of nitrogens with zero attached hydrogens (tertiary/aromatic N) is 1. The standard InChI is InChI=1S/C69H135N2O6P/c1-6-8-10-12-14-16-18-20-22-24-26-28-30-31-32-33-34-35-36-37-38-39-41-42-44-46-48-50-52-54-56-58-60-62-68(72)67(66-77-78(74,75)76-65-64-71(3,4)5)70-69(73)63-61-59-57-55-53-51-49-47-45-43-40-29-27-25-23-21-19-17-15-13-11-9-7-2/h19,21,25,27,40,43,67-68,72H,6-18,20,22-24,26,28-39,41-42,44-66H2,1-5H3,(H-,70,73,74,75)/p+1/b21-19-,27-25-,43-40-. The SMILES string of the molecule is CCCCCCC/C=C\C/C=C\C/C=C\CCCCCCCCCCC(=O)NC(COP(=O)(O)OCC[N+](C)(C)C)C(O)CCCCCCCCCCCCCCCCCCCCCCCCCCCCCCCCCCC. The molecule has 0 aromatic heterocycles. The predicted molar refractivity (Wildman–Crippen MR) is 341 cm³/mol. The molecule has 462 valence electrons. The fourth-order valence-electron chi connectivity index (χ4n) is 10.5. The van der Waals surface area contributed by atoms with Crippen molar-refractivity contribution in [3.63, 3.8) is 0 Å². The summed E-state index contributed by atoms with van der Waals surface area (Å²) in [5.41, 5.74) is 0. The first-order valence-electron chi connectivity index (χ1n) is 34.4. The molecule has 3 unspecified atom stereocenters. The molecule has 0 aromatic rings. The fraction of sp³-hybridized carbons (Fsp3) is 0.899. The molecule has 0 aromatic carbocycles. The Labute approximate surface area is 487 Å². The van der Waals surface area contributed by atoms with Gasteiger partial charge in [0.05, 0.1) is 39.9 Å². The predicted octanol–water partition coefficient (Wildman–Crippen LogP) is 21.7. The number of phosphoric ester groups is 1. The van der Waals surface area contributed by atoms with Gasteiger partial charge >= 0.3 is 7.82 Å². The van der Waals surface area contributed by atoms with Crippen LogP contribution in [0.25, 0.3) is 0 Å². The molecule has 0 aliphatic heterocycles. The number of likely N-dealkylation sites (N-methyl/N-ethyl adjacent to an activating group) is 1. The molecule has 0 bridgehead atoms. The zero-order chi connectivity index (χ0) is 57.0. The summed E-state index contributed by atoms with van der Waals surface area (Å²) < 4.78 is 23.9. The summed E-state index contributed by atoms with van der Waals surface area (Å²) in [4.78, 5) is 23.4. The maximum atomic E-state index is 13.0. The second kappa shape index (κ2) is 60.3. The van der Waals surface area contributed by atoms with Crippen molar-refractivity contribution in [3.05, 3.63) is 36.5 Å². The third-order valence-corrected chi connectivity index (χ3v) is 16.9. The van der Waals surface area contributed by atoms with Gasteiger partial charge in [-0.1, -0.05) is 326 Å². The van der Waals surface area contributed by atoms with Crippen molar-refractivity contribution in [3.8, 4) is 0 Å². The molecule has 0 heterocycles. The molecule has 0 radical (unpaired) electrons. The number of carbonyl (C=O) groups excluding carboxylic acids is 1. The van der Waals surface area contributed by atoms with Gasteiger partial charge in [-0.25, -0.2) is 4.57 Å². The minimum absolute atomic E-state index is 0.0733. The van der Waals surface area contributed by atoms with Crippen molar-refractivity contribution in [2.24, 2.45) is 0 Å². The van der Waals surface area contributed by atoms with Crippen molar-refractivity contribution in [2.45, 2.75) is 360 Å². The second-order valence-electron chi connectivity index (χ2n) is 24.9. The first-order chi connectivity index (χ1) is 38.0. The van der Waals surface area contributed by atoms with Gasteiger partial charge in [0.1, 0.15) is 13.2 Å². The summed E-state index contributed by atoms with van der Waals surface area (Å²) in [7, 11) is 1.62. The number of carbonyl (C=O) groups is 1. The maximum absolute atomic E-state index is 13.0. The Bertz CT molecular complexity index is 1360. The van der Waals surface area contributed by atoms with Crippen molar-refractivity contribution in [1.29, 1.82) is 0 Å². The zero-order valence-electron chi connectivity index (χ0n) is 52.9. The minimum atomic E-state index is -4.33. The van der Waals surface area contributed by atoms with Crippen molar-refractivity contribution >= 4 is 13.7 Å². The van der Waals surface area contributed by atoms with E-state index in [2.05, 4.69) is 55.6 Å². The average molecular weight is 1120 g/mol. The summed E-state index contributed by atoms with van der Waals surface area (Å²) >= 11 is 0. The third kappa shape index (κ3) is 62.3. The molecule has 0 aliphatic carbocycles. The molecule has 3 N–H and O–H groups in total. The Kier molecular flexibility index (Phi) is 59.3. The number of hydrogen-bond donors (Lipinski definition) is 3. The first-order valence-corrected chi connectivity index (χ1v) is 35.8. The summed E-state index contributed by atoms with van der Waals surface area (Å²) in [5.74, 6) is -0.147. The summed E-state index contributed by atoms with van der Waals surface area (Å²) in [6.07, 6.45) is 79.6. The van der Waals surface area contributed by atoms with E-state index in [0.717, 1.165) is 57.8 Å². The van der Waals surface area contributed by atoms with E-state index < -0.39 is 20.0 Å². The van der Waals surface area contributed by atoms with Crippen LogP contribution < -0.4 is 5.32 Å². The van der Waals surface area contributed by atoms with Gasteiger partial charge in [-0.15, -0.1) is 0 Å². The van der Waals surface area contributed by atoms with Gasteiger partial charge in [-0.3, -0.25) is 13.8 Å². The Morgan fingerprint density at radius 3 is 1.06 bits per heavy atom. The molecular formula is C69H136N2O6P+. The van der Waals surface area contributed by atoms with Crippen LogP contribution >= 0.6 is 7.82 Å². The van der Waals surface area contributed by atoms with Crippen LogP contribution in [0.5, 0.6) is 0 Å². The molecule has 0 saturated carbocycles. The van der Waals surface area contributed by atoms with E-state index in [9.17, 15) is 19.4 Å². The number of unbranched alkanes of at least 4 members (excludes halogenated alkanes) is 45. The van der Waals surface area contributed by atoms with Crippen molar-refractivity contribution in [1.82, 2.24) is 5.32 Å². The van der Waals surface area contributed by atoms with Gasteiger partial charge in [0.25, 0.3) is 0 Å². The van der Waals surface area contributed by atoms with E-state index in [0.29, 0.717) is 23.9 Å². The van der Waals surface area contributed by atoms with E-state index in [4.69, 9.17) is 9.05 Å². The van der Waals surface area contributed by atoms with Crippen molar-refractivity contribution < 1.29 is 32.9 Å². The van der Waals surface area contributed by atoms with Gasteiger partial charge in [0.15, 0.2) is 0 Å². The number of amides is 1. The quantitative estimate of drug-likeness (QED) is 0.0243. The largest absolute Gasteiger partial charge is 0.472 e. The summed E-state index contributed by atoms with van der Waals surface area (Å²) in [6, 6.07) is -0.767. The number of aliphatic hydroxyl groups excluding tert-OH is 1. The molecule has 0 aliphatic rings. The summed E-state index contributed by atoms with van der Waals surface area (Å²) in [6.45, 7) is 4.92. The highest BCUT2D eigenvalue weighted by molar-refractivity contribution is 7.47. The second-order valence-corrected chi connectivity index (χ2v) is 26.4. The lowest BCUT2D eigenvalue weighted by Crippen LogP contribution is -2.46. The van der Waals surface area contributed by atoms with E-state index in [1.807, 2.05) is 21.1 Å². The molecule has 0 saturated heterocycles. The van der Waals surface area contributed by atoms with Crippen LogP contribution in [0.4, 0.5) is 0 Å². The maximum Gasteiger partial charge on any atom is 0.472 e. The lowest BCUT2D eigenvalue weighted by atomic mass is 10.0. The number of aliphatic hydroxyl groups is 1. The molecule has 78 heavy (non-hydrogen) atoms. The number of nitrogens with one attached hydrogen (secondary N) is 1. The highest BCUT2D eigenvalue weighted by Crippen LogP contribution is 2.43. The number of phosphoric acid groups is 1. The van der Waals surface area contributed by atoms with E-state index in [1.54, 1.807) is 0 Å². The van der Waals surface area contributed by atoms with Crippen LogP contribution in [-0.2, 0) is 18.4 Å². The normalized spacial score (nSPS) is 13.9. The smallest absolute Gasteiger partial charge is 0.391 e. The molecule has 8 nitrogen and oxygen atoms in total. The van der Waals surface area contributed by atoms with Crippen molar-refractivity contribution in [2.75, 3.05) is 40.9 Å². The van der Waals surface area contributed by atoms with Gasteiger partial charge in [-0.05, 0) is 51.4 Å². The molecule has 1 amide bonds. The van der Waals surface area contributed by atoms with Gasteiger partial charge < -0.3 is 19.8 Å². The Morgan fingerprint density at radius 2 is 0.731 bits per heavy atom. The van der Waals surface area contributed by atoms with Gasteiger partial charge in [0, 0.05) is 6.42 Å². The molecule has 0 fully saturated rings. The Balaban J connectivity index is 4.02. The molecule has 0 rings (SSSR count). The van der Waals surface area contributed by atoms with Crippen LogP contribution in [0.1, 0.15) is 348 Å². The molecule has 0 spiro atoms. The minimum Gasteiger partial charge on any atom is -0.391 e. The fourth-order valence-corrected chi connectivity index (χ4v) is 11.3. The first kappa shape index (κ1) is 76.7. The zero-order valence-corrected chi connectivity index (χ0v) is 53.8.